The van der Waals surface area contributed by atoms with E-state index in [4.69, 9.17) is 0 Å². The van der Waals surface area contributed by atoms with E-state index in [1.165, 1.54) is 17.0 Å². The van der Waals surface area contributed by atoms with Crippen molar-refractivity contribution in [3.63, 3.8) is 0 Å². The molecule has 0 spiro atoms. The minimum absolute atomic E-state index is 0.0845. The fourth-order valence-corrected chi connectivity index (χ4v) is 1.83. The molecule has 0 saturated carbocycles. The van der Waals surface area contributed by atoms with Crippen LogP contribution in [-0.2, 0) is 13.6 Å². The van der Waals surface area contributed by atoms with Crippen LogP contribution in [0.1, 0.15) is 5.56 Å². The summed E-state index contributed by atoms with van der Waals surface area (Å²) in [6, 6.07) is 5.85. The van der Waals surface area contributed by atoms with Crippen molar-refractivity contribution in [1.82, 2.24) is 14.7 Å². The van der Waals surface area contributed by atoms with Gasteiger partial charge in [0.25, 0.3) is 0 Å². The van der Waals surface area contributed by atoms with Gasteiger partial charge in [-0.2, -0.15) is 13.9 Å². The molecule has 0 unspecified atom stereocenters. The van der Waals surface area contributed by atoms with Gasteiger partial charge in [0.15, 0.2) is 0 Å². The number of amides is 2. The van der Waals surface area contributed by atoms with Crippen LogP contribution in [0.25, 0.3) is 0 Å². The number of anilines is 1. The zero-order chi connectivity index (χ0) is 16.1. The Morgan fingerprint density at radius 2 is 2.09 bits per heavy atom. The number of halogens is 2. The minimum Gasteiger partial charge on any atom is -0.435 e. The lowest BCUT2D eigenvalue weighted by Gasteiger charge is -2.17. The van der Waals surface area contributed by atoms with Gasteiger partial charge in [-0.1, -0.05) is 12.1 Å². The summed E-state index contributed by atoms with van der Waals surface area (Å²) in [6.07, 6.45) is 3.23. The number of aryl methyl sites for hydroxylation is 1. The van der Waals surface area contributed by atoms with E-state index in [2.05, 4.69) is 15.2 Å². The summed E-state index contributed by atoms with van der Waals surface area (Å²) < 4.78 is 30.0. The van der Waals surface area contributed by atoms with E-state index in [0.29, 0.717) is 12.2 Å². The molecule has 2 rings (SSSR count). The number of hydrogen-bond donors (Lipinski definition) is 1. The van der Waals surface area contributed by atoms with Crippen molar-refractivity contribution in [2.75, 3.05) is 12.4 Å². The van der Waals surface area contributed by atoms with Crippen molar-refractivity contribution in [2.24, 2.45) is 7.05 Å². The molecular formula is C14H16F2N4O2. The Balaban J connectivity index is 1.90. The highest BCUT2D eigenvalue weighted by Crippen LogP contribution is 2.16. The van der Waals surface area contributed by atoms with Crippen molar-refractivity contribution < 1.29 is 18.3 Å². The standard InChI is InChI=1S/C14H16F2N4O2/c1-19(14(21)18-11-7-17-20(2)9-11)8-10-3-5-12(6-4-10)22-13(15)16/h3-7,9,13H,8H2,1-2H3,(H,18,21). The van der Waals surface area contributed by atoms with E-state index < -0.39 is 6.61 Å². The fraction of sp³-hybridized carbons (Fsp3) is 0.286. The third-order valence-electron chi connectivity index (χ3n) is 2.87. The monoisotopic (exact) mass is 310 g/mol. The number of nitrogens with zero attached hydrogens (tertiary/aromatic N) is 3. The molecule has 0 radical (unpaired) electrons. The molecule has 0 aliphatic rings. The molecule has 0 bridgehead atoms. The number of hydrogen-bond acceptors (Lipinski definition) is 3. The number of aromatic nitrogens is 2. The summed E-state index contributed by atoms with van der Waals surface area (Å²) >= 11 is 0. The van der Waals surface area contributed by atoms with E-state index in [0.717, 1.165) is 5.56 Å². The molecule has 0 aliphatic carbocycles. The second kappa shape index (κ2) is 6.88. The van der Waals surface area contributed by atoms with Gasteiger partial charge in [0.2, 0.25) is 0 Å². The van der Waals surface area contributed by atoms with Gasteiger partial charge in [-0.25, -0.2) is 4.79 Å². The lowest BCUT2D eigenvalue weighted by atomic mass is 10.2. The number of carbonyl (C=O) groups is 1. The van der Waals surface area contributed by atoms with Gasteiger partial charge >= 0.3 is 12.6 Å². The second-order valence-electron chi connectivity index (χ2n) is 4.71. The Bertz CT molecular complexity index is 628. The van der Waals surface area contributed by atoms with Crippen molar-refractivity contribution in [1.29, 1.82) is 0 Å². The van der Waals surface area contributed by atoms with E-state index >= 15 is 0 Å². The van der Waals surface area contributed by atoms with Gasteiger partial charge in [-0.05, 0) is 17.7 Å². The topological polar surface area (TPSA) is 59.4 Å². The average molecular weight is 310 g/mol. The molecule has 22 heavy (non-hydrogen) atoms. The van der Waals surface area contributed by atoms with E-state index in [-0.39, 0.29) is 11.8 Å². The van der Waals surface area contributed by atoms with E-state index in [1.807, 2.05) is 0 Å². The molecule has 118 valence electrons. The van der Waals surface area contributed by atoms with Gasteiger partial charge in [-0.3, -0.25) is 4.68 Å². The van der Waals surface area contributed by atoms with Crippen LogP contribution in [0.4, 0.5) is 19.3 Å². The quantitative estimate of drug-likeness (QED) is 0.923. The smallest absolute Gasteiger partial charge is 0.387 e. The molecule has 1 aromatic carbocycles. The number of carbonyl (C=O) groups excluding carboxylic acids is 1. The maximum Gasteiger partial charge on any atom is 0.387 e. The van der Waals surface area contributed by atoms with Gasteiger partial charge in [0.05, 0.1) is 11.9 Å². The molecular weight excluding hydrogens is 294 g/mol. The number of nitrogens with one attached hydrogen (secondary N) is 1. The second-order valence-corrected chi connectivity index (χ2v) is 4.71. The molecule has 0 aliphatic heterocycles. The van der Waals surface area contributed by atoms with Gasteiger partial charge < -0.3 is 15.0 Å². The highest BCUT2D eigenvalue weighted by molar-refractivity contribution is 5.88. The highest BCUT2D eigenvalue weighted by atomic mass is 19.3. The van der Waals surface area contributed by atoms with Crippen LogP contribution in [0.5, 0.6) is 5.75 Å². The zero-order valence-electron chi connectivity index (χ0n) is 12.2. The van der Waals surface area contributed by atoms with E-state index in [9.17, 15) is 13.6 Å². The predicted molar refractivity (Wildman–Crippen MR) is 76.8 cm³/mol. The molecule has 2 amide bonds. The summed E-state index contributed by atoms with van der Waals surface area (Å²) in [5.41, 5.74) is 1.39. The Morgan fingerprint density at radius 1 is 1.41 bits per heavy atom. The minimum atomic E-state index is -2.85. The molecule has 0 saturated heterocycles. The van der Waals surface area contributed by atoms with Crippen LogP contribution < -0.4 is 10.1 Å². The SMILES string of the molecule is CN(Cc1ccc(OC(F)F)cc1)C(=O)Nc1cnn(C)c1. The van der Waals surface area contributed by atoms with Crippen molar-refractivity contribution >= 4 is 11.7 Å². The molecule has 1 aromatic heterocycles. The Morgan fingerprint density at radius 3 is 2.64 bits per heavy atom. The van der Waals surface area contributed by atoms with Gasteiger partial charge in [0, 0.05) is 26.8 Å². The Hall–Kier alpha value is -2.64. The third kappa shape index (κ3) is 4.44. The van der Waals surface area contributed by atoms with Crippen LogP contribution in [0.15, 0.2) is 36.7 Å². The predicted octanol–water partition coefficient (Wildman–Crippen LogP) is 2.69. The number of urea groups is 1. The first-order valence-electron chi connectivity index (χ1n) is 6.48. The van der Waals surface area contributed by atoms with Crippen molar-refractivity contribution in [3.8, 4) is 5.75 Å². The number of rotatable bonds is 5. The first kappa shape index (κ1) is 15.7. The summed E-state index contributed by atoms with van der Waals surface area (Å²) in [5, 5.41) is 6.65. The maximum atomic E-state index is 12.1. The molecule has 0 atom stereocenters. The lowest BCUT2D eigenvalue weighted by Crippen LogP contribution is -2.30. The molecule has 1 heterocycles. The zero-order valence-corrected chi connectivity index (χ0v) is 12.2. The fourth-order valence-electron chi connectivity index (χ4n) is 1.83. The number of benzene rings is 1. The molecule has 1 N–H and O–H groups in total. The van der Waals surface area contributed by atoms with Crippen LogP contribution in [0.3, 0.4) is 0 Å². The summed E-state index contributed by atoms with van der Waals surface area (Å²) in [7, 11) is 3.39. The molecule has 0 fully saturated rings. The molecule has 2 aromatic rings. The maximum absolute atomic E-state index is 12.1. The lowest BCUT2D eigenvalue weighted by molar-refractivity contribution is -0.0498. The highest BCUT2D eigenvalue weighted by Gasteiger charge is 2.11. The first-order chi connectivity index (χ1) is 10.4. The Labute approximate surface area is 126 Å². The summed E-state index contributed by atoms with van der Waals surface area (Å²) in [4.78, 5) is 13.5. The van der Waals surface area contributed by atoms with Gasteiger partial charge in [-0.15, -0.1) is 0 Å². The van der Waals surface area contributed by atoms with Crippen LogP contribution in [-0.4, -0.2) is 34.4 Å². The first-order valence-corrected chi connectivity index (χ1v) is 6.48. The number of alkyl halides is 2. The van der Waals surface area contributed by atoms with Gasteiger partial charge in [0.1, 0.15) is 5.75 Å². The normalized spacial score (nSPS) is 10.6. The summed E-state index contributed by atoms with van der Waals surface area (Å²) in [6.45, 7) is -2.51. The van der Waals surface area contributed by atoms with Crippen molar-refractivity contribution in [3.05, 3.63) is 42.2 Å². The Kier molecular flexibility index (Phi) is 4.92. The largest absolute Gasteiger partial charge is 0.435 e. The van der Waals surface area contributed by atoms with Crippen LogP contribution in [0, 0.1) is 0 Å². The average Bonchev–Trinajstić information content (AvgIpc) is 2.85. The van der Waals surface area contributed by atoms with E-state index in [1.54, 1.807) is 43.3 Å². The molecule has 6 nitrogen and oxygen atoms in total. The number of ether oxygens (including phenoxy) is 1. The van der Waals surface area contributed by atoms with Crippen LogP contribution >= 0.6 is 0 Å². The third-order valence-corrected chi connectivity index (χ3v) is 2.87. The van der Waals surface area contributed by atoms with Crippen LogP contribution in [0.2, 0.25) is 0 Å². The summed E-state index contributed by atoms with van der Waals surface area (Å²) in [5.74, 6) is 0.0845. The van der Waals surface area contributed by atoms with Crippen molar-refractivity contribution in [2.45, 2.75) is 13.2 Å². The molecule has 8 heteroatoms.